The summed E-state index contributed by atoms with van der Waals surface area (Å²) < 4.78 is 4.84. The van der Waals surface area contributed by atoms with Gasteiger partial charge < -0.3 is 19.9 Å². The van der Waals surface area contributed by atoms with Crippen LogP contribution in [-0.2, 0) is 20.9 Å². The number of amides is 1. The fraction of sp³-hybridized carbons (Fsp3) is 0.526. The first kappa shape index (κ1) is 23.2. The Kier molecular flexibility index (Phi) is 10.1. The summed E-state index contributed by atoms with van der Waals surface area (Å²) >= 11 is 0. The molecule has 0 spiro atoms. The van der Waals surface area contributed by atoms with E-state index >= 15 is 0 Å². The van der Waals surface area contributed by atoms with Crippen molar-refractivity contribution in [2.75, 3.05) is 40.8 Å². The van der Waals surface area contributed by atoms with Gasteiger partial charge in [-0.15, -0.1) is 24.0 Å². The zero-order valence-electron chi connectivity index (χ0n) is 16.2. The van der Waals surface area contributed by atoms with Gasteiger partial charge >= 0.3 is 5.97 Å². The normalized spacial score (nSPS) is 14.9. The summed E-state index contributed by atoms with van der Waals surface area (Å²) in [6.45, 7) is 2.14. The number of esters is 1. The Bertz CT molecular complexity index is 629. The average molecular weight is 488 g/mol. The maximum atomic E-state index is 11.9. The number of benzene rings is 1. The lowest BCUT2D eigenvalue weighted by Crippen LogP contribution is -2.49. The first-order valence-electron chi connectivity index (χ1n) is 8.86. The van der Waals surface area contributed by atoms with Crippen LogP contribution in [0.15, 0.2) is 35.3 Å². The van der Waals surface area contributed by atoms with Gasteiger partial charge in [0.2, 0.25) is 5.91 Å². The molecule has 0 bridgehead atoms. The number of carbonyl (C=O) groups excluding carboxylic acids is 2. The molecular formula is C19H29IN4O3. The summed E-state index contributed by atoms with van der Waals surface area (Å²) in [7, 11) is 4.88. The molecule has 1 N–H and O–H groups in total. The van der Waals surface area contributed by atoms with Crippen molar-refractivity contribution in [1.29, 1.82) is 0 Å². The van der Waals surface area contributed by atoms with Crippen LogP contribution in [0.1, 0.15) is 18.4 Å². The van der Waals surface area contributed by atoms with Crippen LogP contribution >= 0.6 is 24.0 Å². The van der Waals surface area contributed by atoms with Gasteiger partial charge in [-0.3, -0.25) is 9.59 Å². The highest BCUT2D eigenvalue weighted by Crippen LogP contribution is 2.18. The maximum absolute atomic E-state index is 11.9. The van der Waals surface area contributed by atoms with Crippen molar-refractivity contribution in [2.45, 2.75) is 19.4 Å². The molecule has 0 unspecified atom stereocenters. The highest BCUT2D eigenvalue weighted by atomic mass is 127. The van der Waals surface area contributed by atoms with E-state index in [1.807, 2.05) is 30.3 Å². The van der Waals surface area contributed by atoms with Gasteiger partial charge in [0.15, 0.2) is 5.96 Å². The number of halogens is 1. The van der Waals surface area contributed by atoms with Crippen LogP contribution in [0, 0.1) is 5.92 Å². The number of ether oxygens (including phenoxy) is 1. The molecule has 0 atom stereocenters. The van der Waals surface area contributed by atoms with Crippen molar-refractivity contribution in [3.8, 4) is 0 Å². The number of methoxy groups -OCH3 is 1. The van der Waals surface area contributed by atoms with E-state index in [0.29, 0.717) is 25.6 Å². The van der Waals surface area contributed by atoms with Gasteiger partial charge in [0.1, 0.15) is 0 Å². The number of aliphatic imine (C=N–C) groups is 1. The highest BCUT2D eigenvalue weighted by Gasteiger charge is 2.27. The molecule has 150 valence electrons. The van der Waals surface area contributed by atoms with Crippen molar-refractivity contribution >= 4 is 41.8 Å². The van der Waals surface area contributed by atoms with Crippen LogP contribution in [0.4, 0.5) is 0 Å². The van der Waals surface area contributed by atoms with Gasteiger partial charge in [-0.25, -0.2) is 4.99 Å². The summed E-state index contributed by atoms with van der Waals surface area (Å²) in [6.07, 6.45) is 1.45. The Morgan fingerprint density at radius 1 is 1.22 bits per heavy atom. The Labute approximate surface area is 178 Å². The van der Waals surface area contributed by atoms with E-state index in [0.717, 1.165) is 18.4 Å². The van der Waals surface area contributed by atoms with E-state index in [9.17, 15) is 9.59 Å². The van der Waals surface area contributed by atoms with Crippen molar-refractivity contribution in [1.82, 2.24) is 15.1 Å². The third kappa shape index (κ3) is 7.36. The standard InChI is InChI=1S/C19H28N4O3.HI/c1-22(2)17(24)14-21-19(20-13-15-7-5-4-6-8-15)23-11-9-16(10-12-23)18(25)26-3;/h4-8,16H,9-14H2,1-3H3,(H,20,21);1H. The SMILES string of the molecule is COC(=O)C1CCN(C(=NCc2ccccc2)NCC(=O)N(C)C)CC1.I. The summed E-state index contributed by atoms with van der Waals surface area (Å²) in [5, 5.41) is 3.17. The fourth-order valence-corrected chi connectivity index (χ4v) is 2.82. The number of hydrogen-bond donors (Lipinski definition) is 1. The van der Waals surface area contributed by atoms with E-state index in [2.05, 4.69) is 15.2 Å². The van der Waals surface area contributed by atoms with Crippen LogP contribution in [-0.4, -0.2) is 68.5 Å². The largest absolute Gasteiger partial charge is 0.469 e. The summed E-state index contributed by atoms with van der Waals surface area (Å²) in [6, 6.07) is 9.98. The van der Waals surface area contributed by atoms with Crippen molar-refractivity contribution in [2.24, 2.45) is 10.9 Å². The molecule has 0 aliphatic carbocycles. The van der Waals surface area contributed by atoms with E-state index < -0.39 is 0 Å². The number of carbonyl (C=O) groups is 2. The third-order valence-corrected chi connectivity index (χ3v) is 4.48. The molecule has 8 heteroatoms. The van der Waals surface area contributed by atoms with Gasteiger partial charge in [0.05, 0.1) is 26.1 Å². The van der Waals surface area contributed by atoms with Crippen LogP contribution in [0.3, 0.4) is 0 Å². The van der Waals surface area contributed by atoms with E-state index in [-0.39, 0.29) is 48.3 Å². The molecule has 1 aliphatic rings. The van der Waals surface area contributed by atoms with E-state index in [1.54, 1.807) is 19.0 Å². The molecule has 0 saturated carbocycles. The smallest absolute Gasteiger partial charge is 0.308 e. The minimum atomic E-state index is -0.150. The predicted molar refractivity (Wildman–Crippen MR) is 116 cm³/mol. The molecule has 1 aromatic carbocycles. The molecule has 27 heavy (non-hydrogen) atoms. The topological polar surface area (TPSA) is 74.2 Å². The zero-order chi connectivity index (χ0) is 18.9. The molecule has 1 aliphatic heterocycles. The van der Waals surface area contributed by atoms with Crippen LogP contribution in [0.25, 0.3) is 0 Å². The Morgan fingerprint density at radius 2 is 1.85 bits per heavy atom. The van der Waals surface area contributed by atoms with Crippen LogP contribution < -0.4 is 5.32 Å². The second-order valence-corrected chi connectivity index (χ2v) is 6.55. The summed E-state index contributed by atoms with van der Waals surface area (Å²) in [4.78, 5) is 32.0. The van der Waals surface area contributed by atoms with Crippen LogP contribution in [0.5, 0.6) is 0 Å². The molecule has 1 heterocycles. The predicted octanol–water partition coefficient (Wildman–Crippen LogP) is 1.72. The van der Waals surface area contributed by atoms with Gasteiger partial charge in [0, 0.05) is 27.2 Å². The number of piperidine rings is 1. The number of rotatable bonds is 5. The second kappa shape index (κ2) is 11.8. The lowest BCUT2D eigenvalue weighted by atomic mass is 9.97. The fourth-order valence-electron chi connectivity index (χ4n) is 2.82. The molecule has 1 saturated heterocycles. The molecular weight excluding hydrogens is 459 g/mol. The third-order valence-electron chi connectivity index (χ3n) is 4.48. The van der Waals surface area contributed by atoms with Gasteiger partial charge in [-0.1, -0.05) is 30.3 Å². The molecule has 1 fully saturated rings. The second-order valence-electron chi connectivity index (χ2n) is 6.55. The highest BCUT2D eigenvalue weighted by molar-refractivity contribution is 14.0. The molecule has 0 radical (unpaired) electrons. The summed E-state index contributed by atoms with van der Waals surface area (Å²) in [5.74, 6) is 0.479. The minimum Gasteiger partial charge on any atom is -0.469 e. The molecule has 0 aromatic heterocycles. The molecule has 1 amide bonds. The number of likely N-dealkylation sites (tertiary alicyclic amines) is 1. The molecule has 1 aromatic rings. The first-order valence-corrected chi connectivity index (χ1v) is 8.86. The van der Waals surface area contributed by atoms with Crippen molar-refractivity contribution in [3.63, 3.8) is 0 Å². The Morgan fingerprint density at radius 3 is 2.41 bits per heavy atom. The zero-order valence-corrected chi connectivity index (χ0v) is 18.5. The monoisotopic (exact) mass is 488 g/mol. The first-order chi connectivity index (χ1) is 12.5. The number of nitrogens with one attached hydrogen (secondary N) is 1. The van der Waals surface area contributed by atoms with Crippen LogP contribution in [0.2, 0.25) is 0 Å². The summed E-state index contributed by atoms with van der Waals surface area (Å²) in [5.41, 5.74) is 1.11. The Hall–Kier alpha value is -1.84. The van der Waals surface area contributed by atoms with Crippen molar-refractivity contribution in [3.05, 3.63) is 35.9 Å². The maximum Gasteiger partial charge on any atom is 0.308 e. The van der Waals surface area contributed by atoms with Crippen molar-refractivity contribution < 1.29 is 14.3 Å². The van der Waals surface area contributed by atoms with E-state index in [4.69, 9.17) is 4.74 Å². The number of guanidine groups is 1. The quantitative estimate of drug-likeness (QED) is 0.296. The minimum absolute atomic E-state index is 0. The lowest BCUT2D eigenvalue weighted by molar-refractivity contribution is -0.146. The number of hydrogen-bond acceptors (Lipinski definition) is 4. The lowest BCUT2D eigenvalue weighted by Gasteiger charge is -2.33. The van der Waals surface area contributed by atoms with E-state index in [1.165, 1.54) is 7.11 Å². The molecule has 2 rings (SSSR count). The Balaban J connectivity index is 0.00000364. The average Bonchev–Trinajstić information content (AvgIpc) is 2.68. The van der Waals surface area contributed by atoms with Gasteiger partial charge in [-0.2, -0.15) is 0 Å². The number of nitrogens with zero attached hydrogens (tertiary/aromatic N) is 3. The molecule has 7 nitrogen and oxygen atoms in total. The van der Waals surface area contributed by atoms with Gasteiger partial charge in [-0.05, 0) is 18.4 Å². The van der Waals surface area contributed by atoms with Gasteiger partial charge in [0.25, 0.3) is 0 Å². The number of likely N-dealkylation sites (N-methyl/N-ethyl adjacent to an activating group) is 1.